The summed E-state index contributed by atoms with van der Waals surface area (Å²) in [7, 11) is 0. The maximum Gasteiger partial charge on any atom is 0.330 e. The van der Waals surface area contributed by atoms with Crippen LogP contribution >= 0.6 is 62.5 Å². The van der Waals surface area contributed by atoms with Crippen LogP contribution in [0.15, 0.2) is 0 Å². The molecule has 2 N–H and O–H groups in total. The molecule has 20 heavy (non-hydrogen) atoms. The second-order valence-electron chi connectivity index (χ2n) is 4.85. The number of nitrogens with zero attached hydrogens (tertiary/aromatic N) is 1. The Morgan fingerprint density at radius 1 is 1.60 bits per heavy atom. The smallest absolute Gasteiger partial charge is 0.330 e. The molecule has 114 valence electrons. The summed E-state index contributed by atoms with van der Waals surface area (Å²) < 4.78 is 2.81. The van der Waals surface area contributed by atoms with E-state index in [9.17, 15) is 9.59 Å². The van der Waals surface area contributed by atoms with E-state index in [0.29, 0.717) is 5.33 Å². The number of alkyl halides is 4. The number of esters is 1. The van der Waals surface area contributed by atoms with Gasteiger partial charge in [0.1, 0.15) is 24.1 Å². The molecule has 0 spiro atoms. The average molecular weight is 427 g/mol. The minimum absolute atomic E-state index is 0.213. The first kappa shape index (κ1) is 17.0. The van der Waals surface area contributed by atoms with E-state index in [4.69, 9.17) is 45.3 Å². The van der Waals surface area contributed by atoms with Crippen molar-refractivity contribution in [2.45, 2.75) is 32.9 Å². The maximum atomic E-state index is 12.2. The van der Waals surface area contributed by atoms with Gasteiger partial charge < -0.3 is 15.4 Å². The quantitative estimate of drug-likeness (QED) is 0.422. The fraction of sp³-hybridized carbons (Fsp3) is 0.800. The fourth-order valence-electron chi connectivity index (χ4n) is 2.25. The predicted octanol–water partition coefficient (Wildman–Crippen LogP) is 1.66. The molecule has 0 saturated carbocycles. The van der Waals surface area contributed by atoms with Crippen molar-refractivity contribution in [3.05, 3.63) is 0 Å². The number of carbonyl (C=O) groups is 2. The highest BCUT2D eigenvalue weighted by Crippen LogP contribution is 2.51. The number of β-lactam (4-membered cyclic amide) rings is 1. The molecule has 0 aromatic carbocycles. The highest BCUT2D eigenvalue weighted by atomic mass is 79.9. The number of hydrogen-bond donors (Lipinski definition) is 1. The number of carbonyl (C=O) groups excluding carboxylic acids is 2. The molecule has 2 rings (SSSR count). The lowest BCUT2D eigenvalue weighted by atomic mass is 9.96. The summed E-state index contributed by atoms with van der Waals surface area (Å²) in [6.07, 6.45) is 0. The third-order valence-electron chi connectivity index (χ3n) is 3.23. The molecular formula is C10H12BrCl3N2O3S. The number of thioether (sulfide) groups is 1. The molecule has 0 bridgehead atoms. The van der Waals surface area contributed by atoms with Crippen LogP contribution in [0, 0.1) is 0 Å². The zero-order chi connectivity index (χ0) is 15.3. The highest BCUT2D eigenvalue weighted by Gasteiger charge is 2.64. The first-order valence-corrected chi connectivity index (χ1v) is 8.79. The molecule has 3 unspecified atom stereocenters. The van der Waals surface area contributed by atoms with E-state index >= 15 is 0 Å². The van der Waals surface area contributed by atoms with Crippen LogP contribution in [-0.4, -0.2) is 54.7 Å². The van der Waals surface area contributed by atoms with E-state index < -0.39 is 26.6 Å². The second kappa shape index (κ2) is 5.66. The number of halogens is 4. The van der Waals surface area contributed by atoms with Gasteiger partial charge in [-0.3, -0.25) is 4.79 Å². The molecule has 0 aliphatic carbocycles. The molecule has 0 aromatic rings. The molecule has 2 aliphatic heterocycles. The molecule has 0 radical (unpaired) electrons. The molecule has 5 nitrogen and oxygen atoms in total. The summed E-state index contributed by atoms with van der Waals surface area (Å²) in [5.74, 6) is -0.850. The predicted molar refractivity (Wildman–Crippen MR) is 83.4 cm³/mol. The molecule has 4 atom stereocenters. The van der Waals surface area contributed by atoms with Crippen LogP contribution in [0.4, 0.5) is 0 Å². The lowest BCUT2D eigenvalue weighted by Crippen LogP contribution is -2.69. The number of rotatable bonds is 3. The number of fused-ring (bicyclic) bond motifs is 1. The summed E-state index contributed by atoms with van der Waals surface area (Å²) in [5, 5.41) is 0.293. The molecule has 1 amide bonds. The van der Waals surface area contributed by atoms with Crippen LogP contribution in [0.5, 0.6) is 0 Å². The summed E-state index contributed by atoms with van der Waals surface area (Å²) in [6.45, 7) is 1.50. The van der Waals surface area contributed by atoms with Gasteiger partial charge in [0.05, 0.1) is 4.75 Å². The highest BCUT2D eigenvalue weighted by molar-refractivity contribution is 9.09. The Labute approximate surface area is 143 Å². The Bertz CT molecular complexity index is 450. The number of nitrogens with two attached hydrogens (primary N) is 1. The largest absolute Gasteiger partial charge is 0.460 e. The lowest BCUT2D eigenvalue weighted by molar-refractivity contribution is -0.162. The molecule has 2 aliphatic rings. The van der Waals surface area contributed by atoms with Crippen molar-refractivity contribution in [3.63, 3.8) is 0 Å². The van der Waals surface area contributed by atoms with Gasteiger partial charge in [0, 0.05) is 5.33 Å². The normalized spacial score (nSPS) is 36.6. The van der Waals surface area contributed by atoms with Gasteiger partial charge in [-0.2, -0.15) is 0 Å². The fourth-order valence-corrected chi connectivity index (χ4v) is 4.67. The van der Waals surface area contributed by atoms with E-state index in [2.05, 4.69) is 15.9 Å². The topological polar surface area (TPSA) is 72.6 Å². The standard InChI is InChI=1S/C10H12BrCl3N2O3S/c1-9(2-11)5(8(18)19-3-10(12,13)14)16-6(17)4(15)7(16)20-9/h4-5,7H,2-3,15H2,1H3/t4?,5?,7-,9?/m0/s1. The van der Waals surface area contributed by atoms with E-state index in [1.165, 1.54) is 16.7 Å². The average Bonchev–Trinajstić information content (AvgIpc) is 2.66. The van der Waals surface area contributed by atoms with Gasteiger partial charge in [-0.1, -0.05) is 50.7 Å². The summed E-state index contributed by atoms with van der Waals surface area (Å²) in [5.41, 5.74) is 5.75. The zero-order valence-electron chi connectivity index (χ0n) is 10.3. The van der Waals surface area contributed by atoms with E-state index in [0.717, 1.165) is 0 Å². The number of amides is 1. The summed E-state index contributed by atoms with van der Waals surface area (Å²) in [4.78, 5) is 25.5. The van der Waals surface area contributed by atoms with Crippen molar-refractivity contribution in [2.24, 2.45) is 5.73 Å². The zero-order valence-corrected chi connectivity index (χ0v) is 15.0. The van der Waals surface area contributed by atoms with Gasteiger partial charge in [-0.15, -0.1) is 11.8 Å². The van der Waals surface area contributed by atoms with Crippen molar-refractivity contribution in [3.8, 4) is 0 Å². The van der Waals surface area contributed by atoms with E-state index in [1.54, 1.807) is 0 Å². The van der Waals surface area contributed by atoms with Gasteiger partial charge in [0.2, 0.25) is 9.70 Å². The summed E-state index contributed by atoms with van der Waals surface area (Å²) >= 11 is 21.5. The van der Waals surface area contributed by atoms with Crippen LogP contribution < -0.4 is 5.73 Å². The molecule has 0 aromatic heterocycles. The number of hydrogen-bond acceptors (Lipinski definition) is 5. The third kappa shape index (κ3) is 2.90. The summed E-state index contributed by atoms with van der Waals surface area (Å²) in [6, 6.07) is -1.32. The maximum absolute atomic E-state index is 12.2. The van der Waals surface area contributed by atoms with Crippen molar-refractivity contribution >= 4 is 74.4 Å². The lowest BCUT2D eigenvalue weighted by Gasteiger charge is -2.42. The van der Waals surface area contributed by atoms with Crippen LogP contribution in [0.2, 0.25) is 0 Å². The van der Waals surface area contributed by atoms with Crippen LogP contribution in [0.3, 0.4) is 0 Å². The van der Waals surface area contributed by atoms with Crippen molar-refractivity contribution in [1.82, 2.24) is 4.90 Å². The van der Waals surface area contributed by atoms with Crippen LogP contribution in [0.1, 0.15) is 6.92 Å². The minimum atomic E-state index is -1.68. The van der Waals surface area contributed by atoms with E-state index in [1.807, 2.05) is 6.92 Å². The van der Waals surface area contributed by atoms with Gasteiger partial charge in [-0.05, 0) is 6.92 Å². The van der Waals surface area contributed by atoms with Crippen molar-refractivity contribution in [2.75, 3.05) is 11.9 Å². The van der Waals surface area contributed by atoms with Crippen molar-refractivity contribution in [1.29, 1.82) is 0 Å². The molecule has 10 heteroatoms. The van der Waals surface area contributed by atoms with Gasteiger partial charge in [0.15, 0.2) is 0 Å². The molecule has 2 heterocycles. The van der Waals surface area contributed by atoms with Gasteiger partial charge in [-0.25, -0.2) is 4.79 Å². The first-order chi connectivity index (χ1) is 9.10. The molecule has 2 fully saturated rings. The number of ether oxygens (including phenoxy) is 1. The Hall–Kier alpha value is 0.600. The SMILES string of the molecule is CC1(CBr)S[C@H]2C(N)C(=O)N2C1C(=O)OCC(Cl)(Cl)Cl. The Morgan fingerprint density at radius 3 is 2.70 bits per heavy atom. The van der Waals surface area contributed by atoms with Gasteiger partial charge in [0.25, 0.3) is 0 Å². The Morgan fingerprint density at radius 2 is 2.20 bits per heavy atom. The minimum Gasteiger partial charge on any atom is -0.460 e. The molecule has 2 saturated heterocycles. The Balaban J connectivity index is 2.15. The van der Waals surface area contributed by atoms with Crippen LogP contribution in [-0.2, 0) is 14.3 Å². The van der Waals surface area contributed by atoms with Gasteiger partial charge >= 0.3 is 5.97 Å². The Kier molecular flexibility index (Phi) is 4.80. The second-order valence-corrected chi connectivity index (χ2v) is 9.58. The van der Waals surface area contributed by atoms with Crippen molar-refractivity contribution < 1.29 is 14.3 Å². The third-order valence-corrected chi connectivity index (χ3v) is 6.77. The monoisotopic (exact) mass is 424 g/mol. The molecular weight excluding hydrogens is 414 g/mol. The first-order valence-electron chi connectivity index (χ1n) is 5.65. The van der Waals surface area contributed by atoms with Crippen LogP contribution in [0.25, 0.3) is 0 Å². The van der Waals surface area contributed by atoms with E-state index in [-0.39, 0.29) is 17.9 Å².